The SMILES string of the molecule is CC(=O)CCN1CCC(COC2CCN(C)C2)CC1. The summed E-state index contributed by atoms with van der Waals surface area (Å²) in [6.07, 6.45) is 4.80. The van der Waals surface area contributed by atoms with Crippen molar-refractivity contribution < 1.29 is 9.53 Å². The van der Waals surface area contributed by atoms with Crippen LogP contribution in [0.5, 0.6) is 0 Å². The van der Waals surface area contributed by atoms with Crippen LogP contribution in [-0.4, -0.2) is 68.1 Å². The van der Waals surface area contributed by atoms with Gasteiger partial charge in [0, 0.05) is 32.7 Å². The topological polar surface area (TPSA) is 32.8 Å². The first-order valence-electron chi connectivity index (χ1n) is 7.65. The predicted octanol–water partition coefficient (Wildman–Crippen LogP) is 1.40. The molecule has 0 aromatic heterocycles. The quantitative estimate of drug-likeness (QED) is 0.729. The van der Waals surface area contributed by atoms with Crippen LogP contribution in [0.3, 0.4) is 0 Å². The van der Waals surface area contributed by atoms with Crippen molar-refractivity contribution in [3.05, 3.63) is 0 Å². The Morgan fingerprint density at radius 3 is 2.53 bits per heavy atom. The summed E-state index contributed by atoms with van der Waals surface area (Å²) in [5.74, 6) is 1.02. The molecular formula is C15H28N2O2. The Bertz CT molecular complexity index is 288. The maximum atomic E-state index is 11.0. The summed E-state index contributed by atoms with van der Waals surface area (Å²) in [5, 5.41) is 0. The number of Topliss-reactive ketones (excluding diaryl/α,β-unsaturated/α-hetero) is 1. The van der Waals surface area contributed by atoms with E-state index in [4.69, 9.17) is 4.74 Å². The second-order valence-corrected chi connectivity index (χ2v) is 6.24. The van der Waals surface area contributed by atoms with Crippen molar-refractivity contribution in [3.63, 3.8) is 0 Å². The van der Waals surface area contributed by atoms with Gasteiger partial charge in [-0.2, -0.15) is 0 Å². The van der Waals surface area contributed by atoms with Crippen molar-refractivity contribution in [1.82, 2.24) is 9.80 Å². The number of likely N-dealkylation sites (tertiary alicyclic amines) is 2. The number of nitrogens with zero attached hydrogens (tertiary/aromatic N) is 2. The minimum atomic E-state index is 0.302. The minimum Gasteiger partial charge on any atom is -0.377 e. The van der Waals surface area contributed by atoms with Crippen LogP contribution >= 0.6 is 0 Å². The Morgan fingerprint density at radius 1 is 1.21 bits per heavy atom. The lowest BCUT2D eigenvalue weighted by Gasteiger charge is -2.32. The number of likely N-dealkylation sites (N-methyl/N-ethyl adjacent to an activating group) is 1. The monoisotopic (exact) mass is 268 g/mol. The Hall–Kier alpha value is -0.450. The normalized spacial score (nSPS) is 26.9. The van der Waals surface area contributed by atoms with Crippen molar-refractivity contribution in [1.29, 1.82) is 0 Å². The molecule has 4 nitrogen and oxygen atoms in total. The van der Waals surface area contributed by atoms with Crippen LogP contribution in [0, 0.1) is 5.92 Å². The van der Waals surface area contributed by atoms with Gasteiger partial charge < -0.3 is 14.5 Å². The zero-order valence-corrected chi connectivity index (χ0v) is 12.4. The van der Waals surface area contributed by atoms with E-state index in [2.05, 4.69) is 16.8 Å². The molecule has 0 amide bonds. The largest absolute Gasteiger partial charge is 0.377 e. The highest BCUT2D eigenvalue weighted by Crippen LogP contribution is 2.20. The molecular weight excluding hydrogens is 240 g/mol. The summed E-state index contributed by atoms with van der Waals surface area (Å²) in [4.78, 5) is 15.7. The lowest BCUT2D eigenvalue weighted by molar-refractivity contribution is -0.117. The molecule has 0 saturated carbocycles. The zero-order chi connectivity index (χ0) is 13.7. The van der Waals surface area contributed by atoms with E-state index < -0.39 is 0 Å². The highest BCUT2D eigenvalue weighted by Gasteiger charge is 2.23. The third-order valence-corrected chi connectivity index (χ3v) is 4.40. The van der Waals surface area contributed by atoms with Gasteiger partial charge in [-0.25, -0.2) is 0 Å². The molecule has 0 bridgehead atoms. The number of ketones is 1. The molecule has 2 rings (SSSR count). The van der Waals surface area contributed by atoms with E-state index >= 15 is 0 Å². The molecule has 2 fully saturated rings. The Balaban J connectivity index is 1.57. The molecule has 0 radical (unpaired) electrons. The van der Waals surface area contributed by atoms with Crippen LogP contribution in [0.2, 0.25) is 0 Å². The maximum Gasteiger partial charge on any atom is 0.131 e. The predicted molar refractivity (Wildman–Crippen MR) is 76.3 cm³/mol. The van der Waals surface area contributed by atoms with E-state index in [-0.39, 0.29) is 0 Å². The average molecular weight is 268 g/mol. The summed E-state index contributed by atoms with van der Waals surface area (Å²) in [5.41, 5.74) is 0. The van der Waals surface area contributed by atoms with Crippen molar-refractivity contribution in [2.45, 2.75) is 38.7 Å². The molecule has 110 valence electrons. The summed E-state index contributed by atoms with van der Waals surface area (Å²) >= 11 is 0. The molecule has 0 aromatic rings. The highest BCUT2D eigenvalue weighted by atomic mass is 16.5. The number of rotatable bonds is 6. The van der Waals surface area contributed by atoms with Gasteiger partial charge in [-0.3, -0.25) is 4.79 Å². The molecule has 2 saturated heterocycles. The smallest absolute Gasteiger partial charge is 0.131 e. The average Bonchev–Trinajstić information content (AvgIpc) is 2.81. The minimum absolute atomic E-state index is 0.302. The fourth-order valence-corrected chi connectivity index (χ4v) is 3.00. The Morgan fingerprint density at radius 2 is 1.95 bits per heavy atom. The lowest BCUT2D eigenvalue weighted by atomic mass is 9.97. The molecule has 2 heterocycles. The van der Waals surface area contributed by atoms with Crippen molar-refractivity contribution >= 4 is 5.78 Å². The molecule has 1 unspecified atom stereocenters. The van der Waals surface area contributed by atoms with Gasteiger partial charge in [-0.15, -0.1) is 0 Å². The van der Waals surface area contributed by atoms with Crippen LogP contribution in [0.4, 0.5) is 0 Å². The van der Waals surface area contributed by atoms with Crippen molar-refractivity contribution in [2.24, 2.45) is 5.92 Å². The molecule has 0 aromatic carbocycles. The third-order valence-electron chi connectivity index (χ3n) is 4.40. The number of piperidine rings is 1. The molecule has 2 aliphatic heterocycles. The van der Waals surface area contributed by atoms with E-state index in [9.17, 15) is 4.79 Å². The van der Waals surface area contributed by atoms with E-state index in [0.717, 1.165) is 38.7 Å². The Kier molecular flexibility index (Phi) is 5.79. The number of ether oxygens (including phenoxy) is 1. The van der Waals surface area contributed by atoms with Gasteiger partial charge in [-0.1, -0.05) is 0 Å². The molecule has 2 aliphatic rings. The van der Waals surface area contributed by atoms with E-state index in [1.54, 1.807) is 6.92 Å². The fourth-order valence-electron chi connectivity index (χ4n) is 3.00. The van der Waals surface area contributed by atoms with Gasteiger partial charge in [0.2, 0.25) is 0 Å². The van der Waals surface area contributed by atoms with Crippen LogP contribution in [-0.2, 0) is 9.53 Å². The molecule has 4 heteroatoms. The maximum absolute atomic E-state index is 11.0. The first-order chi connectivity index (χ1) is 9.13. The zero-order valence-electron chi connectivity index (χ0n) is 12.4. The number of carbonyl (C=O) groups excluding carboxylic acids is 1. The number of carbonyl (C=O) groups is 1. The van der Waals surface area contributed by atoms with Gasteiger partial charge in [0.1, 0.15) is 5.78 Å². The highest BCUT2D eigenvalue weighted by molar-refractivity contribution is 5.75. The molecule has 0 spiro atoms. The molecule has 0 aliphatic carbocycles. The Labute approximate surface area is 117 Å². The standard InChI is InChI=1S/C15H28N2O2/c1-13(18)3-8-17-9-4-14(5-10-17)12-19-15-6-7-16(2)11-15/h14-15H,3-12H2,1-2H3. The van der Waals surface area contributed by atoms with Crippen LogP contribution in [0.1, 0.15) is 32.6 Å². The van der Waals surface area contributed by atoms with Crippen LogP contribution in [0.25, 0.3) is 0 Å². The van der Waals surface area contributed by atoms with Crippen LogP contribution < -0.4 is 0 Å². The fraction of sp³-hybridized carbons (Fsp3) is 0.933. The second kappa shape index (κ2) is 7.36. The summed E-state index contributed by atoms with van der Waals surface area (Å²) in [6.45, 7) is 8.08. The summed E-state index contributed by atoms with van der Waals surface area (Å²) < 4.78 is 6.03. The molecule has 1 atom stereocenters. The van der Waals surface area contributed by atoms with E-state index in [0.29, 0.717) is 18.3 Å². The van der Waals surface area contributed by atoms with E-state index in [1.807, 2.05) is 0 Å². The number of hydrogen-bond donors (Lipinski definition) is 0. The van der Waals surface area contributed by atoms with Gasteiger partial charge >= 0.3 is 0 Å². The molecule has 19 heavy (non-hydrogen) atoms. The van der Waals surface area contributed by atoms with Gasteiger partial charge in [-0.05, 0) is 52.2 Å². The molecule has 0 N–H and O–H groups in total. The van der Waals surface area contributed by atoms with Crippen molar-refractivity contribution in [3.8, 4) is 0 Å². The third kappa shape index (κ3) is 5.21. The van der Waals surface area contributed by atoms with Crippen LogP contribution in [0.15, 0.2) is 0 Å². The second-order valence-electron chi connectivity index (χ2n) is 6.24. The van der Waals surface area contributed by atoms with Gasteiger partial charge in [0.15, 0.2) is 0 Å². The lowest BCUT2D eigenvalue weighted by Crippen LogP contribution is -2.36. The summed E-state index contributed by atoms with van der Waals surface area (Å²) in [6, 6.07) is 0. The van der Waals surface area contributed by atoms with Crippen molar-refractivity contribution in [2.75, 3.05) is 46.4 Å². The first-order valence-corrected chi connectivity index (χ1v) is 7.65. The van der Waals surface area contributed by atoms with Gasteiger partial charge in [0.05, 0.1) is 6.10 Å². The first kappa shape index (κ1) is 14.9. The number of hydrogen-bond acceptors (Lipinski definition) is 4. The summed E-state index contributed by atoms with van der Waals surface area (Å²) in [7, 11) is 2.16. The van der Waals surface area contributed by atoms with E-state index in [1.165, 1.54) is 25.8 Å². The van der Waals surface area contributed by atoms with Gasteiger partial charge in [0.25, 0.3) is 0 Å².